The summed E-state index contributed by atoms with van der Waals surface area (Å²) in [5, 5.41) is 3.49. The topological polar surface area (TPSA) is 50.3 Å². The molecule has 2 aromatic rings. The minimum Gasteiger partial charge on any atom is -0.406 e. The fourth-order valence-corrected chi connectivity index (χ4v) is 4.15. The molecule has 5 nitrogen and oxygen atoms in total. The van der Waals surface area contributed by atoms with Gasteiger partial charge in [0.25, 0.3) is 0 Å². The highest BCUT2D eigenvalue weighted by Crippen LogP contribution is 2.31. The number of fused-ring (bicyclic) bond motifs is 1. The van der Waals surface area contributed by atoms with Crippen molar-refractivity contribution in [3.8, 4) is 5.75 Å². The fourth-order valence-electron chi connectivity index (χ4n) is 4.15. The van der Waals surface area contributed by atoms with Crippen LogP contribution < -0.4 is 15.0 Å². The third-order valence-electron chi connectivity index (χ3n) is 5.76. The van der Waals surface area contributed by atoms with Crippen LogP contribution in [0.5, 0.6) is 5.75 Å². The van der Waals surface area contributed by atoms with Gasteiger partial charge in [-0.1, -0.05) is 32.8 Å². The van der Waals surface area contributed by atoms with Crippen molar-refractivity contribution in [3.05, 3.63) is 41.1 Å². The number of nitrogens with one attached hydrogen (secondary N) is 1. The number of benzene rings is 1. The van der Waals surface area contributed by atoms with Gasteiger partial charge in [0.05, 0.1) is 5.69 Å². The first-order chi connectivity index (χ1) is 14.3. The van der Waals surface area contributed by atoms with Gasteiger partial charge in [-0.15, -0.1) is 13.2 Å². The molecule has 0 atom stereocenters. The first-order valence-electron chi connectivity index (χ1n) is 10.5. The van der Waals surface area contributed by atoms with Gasteiger partial charge in [0.15, 0.2) is 0 Å². The average Bonchev–Trinajstić information content (AvgIpc) is 3.19. The number of anilines is 2. The maximum atomic E-state index is 12.5. The molecule has 162 valence electrons. The molecule has 1 saturated carbocycles. The van der Waals surface area contributed by atoms with Crippen LogP contribution in [0.3, 0.4) is 0 Å². The van der Waals surface area contributed by atoms with Crippen molar-refractivity contribution in [1.29, 1.82) is 0 Å². The van der Waals surface area contributed by atoms with Gasteiger partial charge in [0.2, 0.25) is 5.95 Å². The standard InChI is InChI=1S/C22H27F3N4O/c1-14(2)19-12-20(28-21(27-19)26-17-5-3-4-6-17)29-10-9-15-11-18(30-22(23,24)25)8-7-16(15)13-29/h7-8,11-12,14,17H,3-6,9-10,13H2,1-2H3,(H,26,27,28). The molecule has 1 fully saturated rings. The van der Waals surface area contributed by atoms with Gasteiger partial charge >= 0.3 is 6.36 Å². The molecule has 0 unspecified atom stereocenters. The molecule has 2 heterocycles. The third-order valence-corrected chi connectivity index (χ3v) is 5.76. The Labute approximate surface area is 174 Å². The van der Waals surface area contributed by atoms with E-state index in [9.17, 15) is 13.2 Å². The van der Waals surface area contributed by atoms with Gasteiger partial charge in [-0.05, 0) is 48.4 Å². The van der Waals surface area contributed by atoms with Crippen molar-refractivity contribution in [1.82, 2.24) is 9.97 Å². The minimum atomic E-state index is -4.67. The molecule has 1 aromatic heterocycles. The molecular weight excluding hydrogens is 393 g/mol. The Kier molecular flexibility index (Phi) is 5.75. The monoisotopic (exact) mass is 420 g/mol. The number of hydrogen-bond acceptors (Lipinski definition) is 5. The van der Waals surface area contributed by atoms with E-state index in [2.05, 4.69) is 28.8 Å². The van der Waals surface area contributed by atoms with Crippen LogP contribution in [-0.4, -0.2) is 28.9 Å². The lowest BCUT2D eigenvalue weighted by molar-refractivity contribution is -0.274. The molecule has 0 radical (unpaired) electrons. The SMILES string of the molecule is CC(C)c1cc(N2CCc3cc(OC(F)(F)F)ccc3C2)nc(NC2CCCC2)n1. The third kappa shape index (κ3) is 4.96. The Balaban J connectivity index is 1.55. The lowest BCUT2D eigenvalue weighted by Crippen LogP contribution is -2.32. The first-order valence-corrected chi connectivity index (χ1v) is 10.5. The number of ether oxygens (including phenoxy) is 1. The Hall–Kier alpha value is -2.51. The molecular formula is C22H27F3N4O. The summed E-state index contributed by atoms with van der Waals surface area (Å²) in [5.41, 5.74) is 2.86. The van der Waals surface area contributed by atoms with E-state index in [0.29, 0.717) is 31.5 Å². The molecule has 1 aliphatic carbocycles. The largest absolute Gasteiger partial charge is 0.573 e. The average molecular weight is 420 g/mol. The minimum absolute atomic E-state index is 0.165. The molecule has 1 aromatic carbocycles. The van der Waals surface area contributed by atoms with Crippen LogP contribution in [0.4, 0.5) is 24.9 Å². The molecule has 1 aliphatic heterocycles. The zero-order valence-corrected chi connectivity index (χ0v) is 17.3. The molecule has 0 bridgehead atoms. The van der Waals surface area contributed by atoms with Crippen molar-refractivity contribution in [2.24, 2.45) is 0 Å². The van der Waals surface area contributed by atoms with Crippen molar-refractivity contribution in [2.75, 3.05) is 16.8 Å². The van der Waals surface area contributed by atoms with Crippen LogP contribution in [0, 0.1) is 0 Å². The van der Waals surface area contributed by atoms with Crippen molar-refractivity contribution in [3.63, 3.8) is 0 Å². The number of aromatic nitrogens is 2. The number of rotatable bonds is 5. The van der Waals surface area contributed by atoms with E-state index in [1.807, 2.05) is 6.07 Å². The van der Waals surface area contributed by atoms with E-state index in [0.717, 1.165) is 35.5 Å². The van der Waals surface area contributed by atoms with Crippen LogP contribution in [0.15, 0.2) is 24.3 Å². The normalized spacial score (nSPS) is 17.3. The molecule has 0 saturated heterocycles. The van der Waals surface area contributed by atoms with Crippen molar-refractivity contribution >= 4 is 11.8 Å². The summed E-state index contributed by atoms with van der Waals surface area (Å²) in [6.45, 7) is 5.50. The number of halogens is 3. The molecule has 0 spiro atoms. The van der Waals surface area contributed by atoms with Crippen molar-refractivity contribution in [2.45, 2.75) is 70.8 Å². The number of nitrogens with zero attached hydrogens (tertiary/aromatic N) is 3. The van der Waals surface area contributed by atoms with Crippen molar-refractivity contribution < 1.29 is 17.9 Å². The van der Waals surface area contributed by atoms with E-state index >= 15 is 0 Å². The van der Waals surface area contributed by atoms with E-state index in [-0.39, 0.29) is 11.7 Å². The summed E-state index contributed by atoms with van der Waals surface area (Å²) in [5.74, 6) is 1.63. The van der Waals surface area contributed by atoms with Gasteiger partial charge in [0.1, 0.15) is 11.6 Å². The molecule has 0 amide bonds. The van der Waals surface area contributed by atoms with Gasteiger partial charge in [-0.25, -0.2) is 4.98 Å². The van der Waals surface area contributed by atoms with Gasteiger partial charge in [-0.3, -0.25) is 0 Å². The Bertz CT molecular complexity index is 894. The molecule has 1 N–H and O–H groups in total. The summed E-state index contributed by atoms with van der Waals surface area (Å²) < 4.78 is 41.5. The second-order valence-corrected chi connectivity index (χ2v) is 8.40. The van der Waals surface area contributed by atoms with Gasteiger partial charge in [-0.2, -0.15) is 4.98 Å². The van der Waals surface area contributed by atoms with Crippen LogP contribution >= 0.6 is 0 Å². The van der Waals surface area contributed by atoms with E-state index in [4.69, 9.17) is 9.97 Å². The molecule has 4 rings (SSSR count). The Morgan fingerprint density at radius 2 is 1.87 bits per heavy atom. The Morgan fingerprint density at radius 1 is 1.10 bits per heavy atom. The fraction of sp³-hybridized carbons (Fsp3) is 0.545. The number of alkyl halides is 3. The molecule has 30 heavy (non-hydrogen) atoms. The predicted molar refractivity (Wildman–Crippen MR) is 110 cm³/mol. The van der Waals surface area contributed by atoms with Crippen LogP contribution in [0.2, 0.25) is 0 Å². The summed E-state index contributed by atoms with van der Waals surface area (Å²) in [7, 11) is 0. The summed E-state index contributed by atoms with van der Waals surface area (Å²) in [6.07, 6.45) is 0.714. The zero-order chi connectivity index (χ0) is 21.3. The van der Waals surface area contributed by atoms with Gasteiger partial charge in [0, 0.05) is 25.2 Å². The highest BCUT2D eigenvalue weighted by atomic mass is 19.4. The second kappa shape index (κ2) is 8.32. The maximum Gasteiger partial charge on any atom is 0.573 e. The predicted octanol–water partition coefficient (Wildman–Crippen LogP) is 5.42. The van der Waals surface area contributed by atoms with E-state index in [1.165, 1.54) is 25.0 Å². The first kappa shape index (κ1) is 20.8. The zero-order valence-electron chi connectivity index (χ0n) is 17.3. The smallest absolute Gasteiger partial charge is 0.406 e. The number of hydrogen-bond donors (Lipinski definition) is 1. The maximum absolute atomic E-state index is 12.5. The quantitative estimate of drug-likeness (QED) is 0.700. The molecule has 2 aliphatic rings. The highest BCUT2D eigenvalue weighted by Gasteiger charge is 2.31. The summed E-state index contributed by atoms with van der Waals surface area (Å²) >= 11 is 0. The lowest BCUT2D eigenvalue weighted by Gasteiger charge is -2.31. The van der Waals surface area contributed by atoms with E-state index < -0.39 is 6.36 Å². The van der Waals surface area contributed by atoms with Crippen LogP contribution in [0.25, 0.3) is 0 Å². The van der Waals surface area contributed by atoms with Gasteiger partial charge < -0.3 is 15.0 Å². The summed E-state index contributed by atoms with van der Waals surface area (Å²) in [4.78, 5) is 11.6. The lowest BCUT2D eigenvalue weighted by atomic mass is 9.99. The molecule has 8 heteroatoms. The van der Waals surface area contributed by atoms with Crippen LogP contribution in [-0.2, 0) is 13.0 Å². The highest BCUT2D eigenvalue weighted by molar-refractivity contribution is 5.50. The van der Waals surface area contributed by atoms with E-state index in [1.54, 1.807) is 6.07 Å². The van der Waals surface area contributed by atoms with Crippen LogP contribution in [0.1, 0.15) is 62.3 Å². The Morgan fingerprint density at radius 3 is 2.57 bits per heavy atom. The summed E-state index contributed by atoms with van der Waals surface area (Å²) in [6, 6.07) is 7.03. The second-order valence-electron chi connectivity index (χ2n) is 8.40.